The summed E-state index contributed by atoms with van der Waals surface area (Å²) in [4.78, 5) is 61.2. The van der Waals surface area contributed by atoms with Gasteiger partial charge in [0.15, 0.2) is 6.23 Å². The lowest BCUT2D eigenvalue weighted by Gasteiger charge is -2.35. The fourth-order valence-corrected chi connectivity index (χ4v) is 6.44. The first-order chi connectivity index (χ1) is 14.1. The van der Waals surface area contributed by atoms with E-state index < -0.39 is 71.5 Å². The summed E-state index contributed by atoms with van der Waals surface area (Å²) < 4.78 is 58.1. The van der Waals surface area contributed by atoms with Gasteiger partial charge in [-0.25, -0.2) is 18.5 Å². The third-order valence-corrected chi connectivity index (χ3v) is 8.36. The highest BCUT2D eigenvalue weighted by Gasteiger charge is 2.65. The summed E-state index contributed by atoms with van der Waals surface area (Å²) in [6, 6.07) is 1.01. The Morgan fingerprint density at radius 1 is 1.19 bits per heavy atom. The molecule has 7 atom stereocenters. The minimum Gasteiger partial charge on any atom is -0.387 e. The fourth-order valence-electron chi connectivity index (χ4n) is 3.20. The quantitative estimate of drug-likeness (QED) is 0.213. The number of aliphatic hydroxyl groups is 1. The second-order valence-corrected chi connectivity index (χ2v) is 10.9. The average molecular weight is 510 g/mol. The predicted molar refractivity (Wildman–Crippen MR) is 94.3 cm³/mol. The molecule has 1 aromatic rings. The van der Waals surface area contributed by atoms with Gasteiger partial charge in [0.25, 0.3) is 5.56 Å². The molecule has 0 aromatic carbocycles. The second kappa shape index (κ2) is 8.08. The lowest BCUT2D eigenvalue weighted by atomic mass is 9.94. The Morgan fingerprint density at radius 2 is 1.84 bits per heavy atom. The van der Waals surface area contributed by atoms with E-state index in [2.05, 4.69) is 8.62 Å². The van der Waals surface area contributed by atoms with Crippen LogP contribution >= 0.6 is 23.5 Å². The largest absolute Gasteiger partial charge is 0.490 e. The van der Waals surface area contributed by atoms with E-state index >= 15 is 0 Å². The lowest BCUT2D eigenvalue weighted by molar-refractivity contribution is -0.204. The van der Waals surface area contributed by atoms with E-state index in [0.29, 0.717) is 0 Å². The van der Waals surface area contributed by atoms with Crippen molar-refractivity contribution in [3.8, 4) is 0 Å². The van der Waals surface area contributed by atoms with Gasteiger partial charge >= 0.3 is 29.2 Å². The topological polar surface area (TPSA) is 253 Å². The maximum atomic E-state index is 12.1. The van der Waals surface area contributed by atoms with Crippen molar-refractivity contribution in [2.45, 2.75) is 37.1 Å². The third-order valence-electron chi connectivity index (χ3n) is 4.46. The molecule has 3 rings (SSSR count). The Kier molecular flexibility index (Phi) is 6.41. The van der Waals surface area contributed by atoms with E-state index in [4.69, 9.17) is 23.8 Å². The molecule has 0 saturated carbocycles. The molecule has 17 nitrogen and oxygen atoms in total. The van der Waals surface area contributed by atoms with Gasteiger partial charge in [0.05, 0.1) is 6.61 Å². The molecule has 3 heterocycles. The zero-order valence-corrected chi connectivity index (χ0v) is 18.0. The van der Waals surface area contributed by atoms with Crippen LogP contribution in [0.25, 0.3) is 0 Å². The first-order valence-corrected chi connectivity index (χ1v) is 12.7. The van der Waals surface area contributed by atoms with Crippen LogP contribution in [-0.4, -0.2) is 64.8 Å². The standard InChI is InChI=1S/C11H17N2O15P3/c1-5(26-30(20,21)28-31(22,23)27-29(17,18)19)11-4-24-7(8(11)15)9(25-11)13-3-2-6(14)12-10(13)16/h2-3,5,7-9,15H,4H2,1H3,(H,20,21)(H,22,23)(H,12,14,16)(H2,17,18,19)/t5-,7-,8+,9-,11-/m1/s1. The van der Waals surface area contributed by atoms with Crippen LogP contribution in [0.1, 0.15) is 13.2 Å². The van der Waals surface area contributed by atoms with Crippen LogP contribution in [0.15, 0.2) is 21.9 Å². The van der Waals surface area contributed by atoms with Crippen molar-refractivity contribution in [3.05, 3.63) is 33.1 Å². The molecule has 31 heavy (non-hydrogen) atoms. The summed E-state index contributed by atoms with van der Waals surface area (Å²) in [5, 5.41) is 10.5. The van der Waals surface area contributed by atoms with Gasteiger partial charge in [-0.2, -0.15) is 8.62 Å². The van der Waals surface area contributed by atoms with Gasteiger partial charge in [-0.15, -0.1) is 0 Å². The van der Waals surface area contributed by atoms with E-state index in [1.54, 1.807) is 0 Å². The number of aliphatic hydroxyl groups excluding tert-OH is 1. The zero-order valence-electron chi connectivity index (χ0n) is 15.3. The zero-order chi connectivity index (χ0) is 23.4. The molecule has 6 N–H and O–H groups in total. The summed E-state index contributed by atoms with van der Waals surface area (Å²) in [7, 11) is -16.8. The number of nitrogens with one attached hydrogen (secondary N) is 1. The number of rotatable bonds is 8. The minimum atomic E-state index is -5.74. The Labute approximate surface area is 171 Å². The Bertz CT molecular complexity index is 1110. The van der Waals surface area contributed by atoms with Crippen LogP contribution in [0.3, 0.4) is 0 Å². The number of phosphoric ester groups is 1. The number of aromatic nitrogens is 2. The van der Waals surface area contributed by atoms with E-state index in [9.17, 15) is 38.2 Å². The molecule has 0 aliphatic carbocycles. The highest BCUT2D eigenvalue weighted by atomic mass is 31.3. The highest BCUT2D eigenvalue weighted by molar-refractivity contribution is 7.66. The normalized spacial score (nSPS) is 33.0. The molecule has 2 unspecified atom stereocenters. The van der Waals surface area contributed by atoms with Gasteiger partial charge in [-0.3, -0.25) is 18.9 Å². The number of fused-ring (bicyclic) bond motifs is 2. The number of phosphoric acid groups is 3. The molecule has 20 heteroatoms. The van der Waals surface area contributed by atoms with Crippen LogP contribution in [0, 0.1) is 0 Å². The van der Waals surface area contributed by atoms with Crippen molar-refractivity contribution in [1.82, 2.24) is 9.55 Å². The lowest BCUT2D eigenvalue weighted by Crippen LogP contribution is -2.51. The fraction of sp³-hybridized carbons (Fsp3) is 0.636. The molecule has 0 spiro atoms. The van der Waals surface area contributed by atoms with E-state index in [1.165, 1.54) is 0 Å². The maximum Gasteiger partial charge on any atom is 0.490 e. The average Bonchev–Trinajstić information content (AvgIpc) is 3.02. The van der Waals surface area contributed by atoms with Crippen molar-refractivity contribution >= 4 is 23.5 Å². The van der Waals surface area contributed by atoms with Crippen LogP contribution in [0.4, 0.5) is 0 Å². The maximum absolute atomic E-state index is 12.1. The summed E-state index contributed by atoms with van der Waals surface area (Å²) in [6.45, 7) is 0.704. The van der Waals surface area contributed by atoms with Crippen molar-refractivity contribution in [3.63, 3.8) is 0 Å². The highest BCUT2D eigenvalue weighted by Crippen LogP contribution is 2.67. The first-order valence-electron chi connectivity index (χ1n) is 8.16. The number of H-pyrrole nitrogens is 1. The predicted octanol–water partition coefficient (Wildman–Crippen LogP) is -1.70. The number of aromatic amines is 1. The summed E-state index contributed by atoms with van der Waals surface area (Å²) in [6.07, 6.45) is -4.49. The minimum absolute atomic E-state index is 0.398. The molecule has 2 aliphatic rings. The first kappa shape index (κ1) is 24.6. The number of nitrogens with zero attached hydrogens (tertiary/aromatic N) is 1. The smallest absolute Gasteiger partial charge is 0.387 e. The van der Waals surface area contributed by atoms with Gasteiger partial charge in [0.2, 0.25) is 0 Å². The van der Waals surface area contributed by atoms with E-state index in [-0.39, 0.29) is 0 Å². The molecule has 0 radical (unpaired) electrons. The molecule has 2 bridgehead atoms. The van der Waals surface area contributed by atoms with Crippen molar-refractivity contribution in [1.29, 1.82) is 0 Å². The molecule has 1 aromatic heterocycles. The third kappa shape index (κ3) is 5.15. The summed E-state index contributed by atoms with van der Waals surface area (Å²) >= 11 is 0. The number of hydrogen-bond donors (Lipinski definition) is 6. The molecular weight excluding hydrogens is 493 g/mol. The van der Waals surface area contributed by atoms with Crippen molar-refractivity contribution in [2.75, 3.05) is 6.61 Å². The summed E-state index contributed by atoms with van der Waals surface area (Å²) in [5.74, 6) is 0. The number of ether oxygens (including phenoxy) is 2. The molecule has 0 amide bonds. The Balaban J connectivity index is 1.79. The molecule has 2 aliphatic heterocycles. The number of hydrogen-bond acceptors (Lipinski definition) is 11. The molecule has 2 fully saturated rings. The monoisotopic (exact) mass is 510 g/mol. The van der Waals surface area contributed by atoms with Crippen molar-refractivity contribution < 1.29 is 61.0 Å². The van der Waals surface area contributed by atoms with Gasteiger partial charge in [0, 0.05) is 12.3 Å². The van der Waals surface area contributed by atoms with Gasteiger partial charge < -0.3 is 34.2 Å². The van der Waals surface area contributed by atoms with E-state index in [1.807, 2.05) is 4.98 Å². The molecule has 176 valence electrons. The Hall–Kier alpha value is -1.03. The summed E-state index contributed by atoms with van der Waals surface area (Å²) in [5.41, 5.74) is -3.45. The second-order valence-electron chi connectivity index (χ2n) is 6.54. The van der Waals surface area contributed by atoms with E-state index in [0.717, 1.165) is 23.8 Å². The van der Waals surface area contributed by atoms with Gasteiger partial charge in [-0.05, 0) is 6.92 Å². The van der Waals surface area contributed by atoms with Crippen LogP contribution in [0.2, 0.25) is 0 Å². The van der Waals surface area contributed by atoms with Gasteiger partial charge in [-0.1, -0.05) is 0 Å². The van der Waals surface area contributed by atoms with Crippen LogP contribution in [-0.2, 0) is 36.3 Å². The van der Waals surface area contributed by atoms with Crippen LogP contribution < -0.4 is 11.2 Å². The SMILES string of the molecule is C[C@@H](OP(=O)(O)OP(=O)(O)OP(=O)(O)O)[C@@]12CO[C@@H]([C@H](n3ccc(=O)[nH]c3=O)O1)[C@@H]2O. The van der Waals surface area contributed by atoms with Crippen LogP contribution in [0.5, 0.6) is 0 Å². The Morgan fingerprint density at radius 3 is 2.42 bits per heavy atom. The van der Waals surface area contributed by atoms with Gasteiger partial charge in [0.1, 0.15) is 23.9 Å². The molecule has 2 saturated heterocycles. The van der Waals surface area contributed by atoms with Crippen molar-refractivity contribution in [2.24, 2.45) is 0 Å². The molecular formula is C11H17N2O15P3.